The van der Waals surface area contributed by atoms with E-state index in [0.29, 0.717) is 6.54 Å². The van der Waals surface area contributed by atoms with E-state index in [0.717, 1.165) is 49.9 Å². The summed E-state index contributed by atoms with van der Waals surface area (Å²) in [4.78, 5) is 30.6. The van der Waals surface area contributed by atoms with Gasteiger partial charge in [0.15, 0.2) is 0 Å². The van der Waals surface area contributed by atoms with E-state index >= 15 is 0 Å². The van der Waals surface area contributed by atoms with Gasteiger partial charge in [0.2, 0.25) is 11.8 Å². The quantitative estimate of drug-likeness (QED) is 0.748. The van der Waals surface area contributed by atoms with E-state index < -0.39 is 0 Å². The van der Waals surface area contributed by atoms with E-state index in [9.17, 15) is 9.59 Å². The van der Waals surface area contributed by atoms with Crippen LogP contribution in [0.15, 0.2) is 48.5 Å². The Morgan fingerprint density at radius 3 is 2.44 bits per heavy atom. The van der Waals surface area contributed by atoms with Crippen LogP contribution in [-0.2, 0) is 22.4 Å². The van der Waals surface area contributed by atoms with Crippen LogP contribution in [0, 0.1) is 0 Å². The normalized spacial score (nSPS) is 19.8. The number of nitrogens with one attached hydrogen (secondary N) is 1. The molecule has 170 valence electrons. The van der Waals surface area contributed by atoms with E-state index in [1.54, 1.807) is 0 Å². The zero-order chi connectivity index (χ0) is 22.5. The average molecular weight is 434 g/mol. The number of nitrogens with zero attached hydrogens (tertiary/aromatic N) is 2. The number of aryl methyl sites for hydroxylation is 1. The van der Waals surface area contributed by atoms with Crippen molar-refractivity contribution in [2.24, 2.45) is 0 Å². The van der Waals surface area contributed by atoms with Gasteiger partial charge >= 0.3 is 0 Å². The summed E-state index contributed by atoms with van der Waals surface area (Å²) in [6.45, 7) is 6.74. The van der Waals surface area contributed by atoms with Crippen molar-refractivity contribution < 1.29 is 9.59 Å². The number of likely N-dealkylation sites (tertiary alicyclic amines) is 1. The van der Waals surface area contributed by atoms with Crippen molar-refractivity contribution in [3.63, 3.8) is 0 Å². The lowest BCUT2D eigenvalue weighted by atomic mass is 9.91. The van der Waals surface area contributed by atoms with Crippen LogP contribution >= 0.6 is 0 Å². The summed E-state index contributed by atoms with van der Waals surface area (Å²) in [5.41, 5.74) is 4.67. The maximum absolute atomic E-state index is 13.6. The van der Waals surface area contributed by atoms with Crippen molar-refractivity contribution in [2.45, 2.75) is 58.0 Å². The summed E-state index contributed by atoms with van der Waals surface area (Å²) in [5, 5.41) is 3.14. The highest BCUT2D eigenvalue weighted by Crippen LogP contribution is 2.32. The molecule has 0 radical (unpaired) electrons. The number of hydrogen-bond donors (Lipinski definition) is 1. The van der Waals surface area contributed by atoms with E-state index in [4.69, 9.17) is 0 Å². The van der Waals surface area contributed by atoms with Crippen molar-refractivity contribution in [1.82, 2.24) is 15.1 Å². The minimum absolute atomic E-state index is 0.0344. The molecule has 32 heavy (non-hydrogen) atoms. The van der Waals surface area contributed by atoms with Crippen LogP contribution in [0.2, 0.25) is 0 Å². The van der Waals surface area contributed by atoms with Gasteiger partial charge < -0.3 is 10.2 Å². The van der Waals surface area contributed by atoms with Crippen LogP contribution in [0.1, 0.15) is 67.4 Å². The summed E-state index contributed by atoms with van der Waals surface area (Å²) in [6.07, 6.45) is 5.18. The molecule has 1 saturated heterocycles. The molecule has 0 bridgehead atoms. The van der Waals surface area contributed by atoms with Gasteiger partial charge in [0.25, 0.3) is 0 Å². The monoisotopic (exact) mass is 433 g/mol. The molecule has 2 aromatic carbocycles. The predicted molar refractivity (Wildman–Crippen MR) is 127 cm³/mol. The second-order valence-corrected chi connectivity index (χ2v) is 9.09. The molecule has 0 saturated carbocycles. The molecule has 0 unspecified atom stereocenters. The summed E-state index contributed by atoms with van der Waals surface area (Å²) in [7, 11) is 0. The fourth-order valence-corrected chi connectivity index (χ4v) is 4.96. The third-order valence-corrected chi connectivity index (χ3v) is 6.90. The average Bonchev–Trinajstić information content (AvgIpc) is 2.84. The number of carbonyl (C=O) groups excluding carboxylic acids is 2. The summed E-state index contributed by atoms with van der Waals surface area (Å²) < 4.78 is 0. The number of benzene rings is 2. The second kappa shape index (κ2) is 10.3. The third kappa shape index (κ3) is 5.04. The SMILES string of the molecule is CCc1ccc([C@H](C)NC(=O)CN2CCc3ccccc3[C@@H]2C(=O)N2CCCCC2)cc1. The van der Waals surface area contributed by atoms with Crippen LogP contribution in [-0.4, -0.2) is 47.8 Å². The van der Waals surface area contributed by atoms with Crippen LogP contribution in [0.25, 0.3) is 0 Å². The molecule has 5 heteroatoms. The van der Waals surface area contributed by atoms with Gasteiger partial charge in [-0.1, -0.05) is 55.5 Å². The van der Waals surface area contributed by atoms with E-state index in [1.165, 1.54) is 17.5 Å². The fraction of sp³-hybridized carbons (Fsp3) is 0.481. The zero-order valence-corrected chi connectivity index (χ0v) is 19.3. The van der Waals surface area contributed by atoms with Gasteiger partial charge in [-0.15, -0.1) is 0 Å². The molecule has 1 N–H and O–H groups in total. The largest absolute Gasteiger partial charge is 0.348 e. The van der Waals surface area contributed by atoms with E-state index in [2.05, 4.69) is 53.5 Å². The summed E-state index contributed by atoms with van der Waals surface area (Å²) in [6, 6.07) is 16.2. The maximum atomic E-state index is 13.6. The number of carbonyl (C=O) groups is 2. The number of fused-ring (bicyclic) bond motifs is 1. The van der Waals surface area contributed by atoms with Gasteiger partial charge in [-0.25, -0.2) is 0 Å². The highest BCUT2D eigenvalue weighted by Gasteiger charge is 2.36. The minimum Gasteiger partial charge on any atom is -0.348 e. The van der Waals surface area contributed by atoms with Crippen molar-refractivity contribution in [3.05, 3.63) is 70.8 Å². The van der Waals surface area contributed by atoms with Gasteiger partial charge in [0.1, 0.15) is 6.04 Å². The second-order valence-electron chi connectivity index (χ2n) is 9.09. The Hall–Kier alpha value is -2.66. The van der Waals surface area contributed by atoms with Crippen molar-refractivity contribution in [3.8, 4) is 0 Å². The first-order chi connectivity index (χ1) is 15.6. The standard InChI is InChI=1S/C27H35N3O2/c1-3-21-11-13-22(14-12-21)20(2)28-25(31)19-30-18-15-23-9-5-6-10-24(23)26(30)27(32)29-16-7-4-8-17-29/h5-6,9-14,20,26H,3-4,7-8,15-19H2,1-2H3,(H,28,31)/t20-,26+/m0/s1. The van der Waals surface area contributed by atoms with Gasteiger partial charge in [0, 0.05) is 19.6 Å². The summed E-state index contributed by atoms with van der Waals surface area (Å²) >= 11 is 0. The first kappa shape index (κ1) is 22.5. The molecule has 0 spiro atoms. The Balaban J connectivity index is 1.47. The van der Waals surface area contributed by atoms with E-state index in [-0.39, 0.29) is 30.4 Å². The molecule has 2 aliphatic heterocycles. The fourth-order valence-electron chi connectivity index (χ4n) is 4.96. The molecule has 2 aliphatic rings. The molecule has 1 fully saturated rings. The predicted octanol–water partition coefficient (Wildman–Crippen LogP) is 4.04. The first-order valence-corrected chi connectivity index (χ1v) is 12.1. The maximum Gasteiger partial charge on any atom is 0.244 e. The molecule has 0 aromatic heterocycles. The van der Waals surface area contributed by atoms with Crippen molar-refractivity contribution >= 4 is 11.8 Å². The minimum atomic E-state index is -0.372. The molecule has 5 nitrogen and oxygen atoms in total. The number of amides is 2. The van der Waals surface area contributed by atoms with Crippen LogP contribution in [0.3, 0.4) is 0 Å². The zero-order valence-electron chi connectivity index (χ0n) is 19.3. The lowest BCUT2D eigenvalue weighted by Gasteiger charge is -2.39. The van der Waals surface area contributed by atoms with Gasteiger partial charge in [-0.3, -0.25) is 14.5 Å². The molecule has 2 aromatic rings. The molecule has 2 atom stereocenters. The molecule has 2 amide bonds. The summed E-state index contributed by atoms with van der Waals surface area (Å²) in [5.74, 6) is 0.112. The van der Waals surface area contributed by atoms with Crippen molar-refractivity contribution in [1.29, 1.82) is 0 Å². The molecule has 4 rings (SSSR count). The van der Waals surface area contributed by atoms with Gasteiger partial charge in [0.05, 0.1) is 12.6 Å². The number of rotatable bonds is 6. The van der Waals surface area contributed by atoms with E-state index in [1.807, 2.05) is 24.0 Å². The molecular weight excluding hydrogens is 398 g/mol. The Labute approximate surface area is 191 Å². The Kier molecular flexibility index (Phi) is 7.26. The Morgan fingerprint density at radius 2 is 1.72 bits per heavy atom. The smallest absolute Gasteiger partial charge is 0.244 e. The first-order valence-electron chi connectivity index (χ1n) is 12.1. The van der Waals surface area contributed by atoms with Crippen molar-refractivity contribution in [2.75, 3.05) is 26.2 Å². The lowest BCUT2D eigenvalue weighted by molar-refractivity contribution is -0.139. The van der Waals surface area contributed by atoms with Gasteiger partial charge in [-0.2, -0.15) is 0 Å². The van der Waals surface area contributed by atoms with Crippen LogP contribution in [0.5, 0.6) is 0 Å². The van der Waals surface area contributed by atoms with Crippen LogP contribution in [0.4, 0.5) is 0 Å². The lowest BCUT2D eigenvalue weighted by Crippen LogP contribution is -2.50. The molecular formula is C27H35N3O2. The molecule has 0 aliphatic carbocycles. The molecule has 2 heterocycles. The highest BCUT2D eigenvalue weighted by atomic mass is 16.2. The Morgan fingerprint density at radius 1 is 1.00 bits per heavy atom. The van der Waals surface area contributed by atoms with Gasteiger partial charge in [-0.05, 0) is 61.3 Å². The number of hydrogen-bond acceptors (Lipinski definition) is 3. The Bertz CT molecular complexity index is 934. The third-order valence-electron chi connectivity index (χ3n) is 6.90. The topological polar surface area (TPSA) is 52.7 Å². The van der Waals surface area contributed by atoms with Crippen LogP contribution < -0.4 is 5.32 Å². The number of piperidine rings is 1. The highest BCUT2D eigenvalue weighted by molar-refractivity contribution is 5.86.